The van der Waals surface area contributed by atoms with Gasteiger partial charge in [0, 0.05) is 22.0 Å². The lowest BCUT2D eigenvalue weighted by molar-refractivity contribution is -0.333. The highest BCUT2D eigenvalue weighted by Gasteiger charge is 2.48. The Kier molecular flexibility index (Phi) is 10.2. The van der Waals surface area contributed by atoms with Gasteiger partial charge in [0.25, 0.3) is 0 Å². The highest BCUT2D eigenvalue weighted by atomic mass is 16.7. The first-order valence-electron chi connectivity index (χ1n) is 16.9. The average Bonchev–Trinajstić information content (AvgIpc) is 2.96. The lowest BCUT2D eigenvalue weighted by Gasteiger charge is -2.49. The molecule has 6 nitrogen and oxygen atoms in total. The van der Waals surface area contributed by atoms with Crippen LogP contribution in [0.15, 0.2) is 24.3 Å². The fraction of sp³-hybridized carbons (Fsp3) is 0.692. The first-order valence-corrected chi connectivity index (χ1v) is 16.9. The van der Waals surface area contributed by atoms with E-state index in [1.807, 2.05) is 13.8 Å². The molecule has 0 aromatic heterocycles. The molecular formula is C39H60O6. The fourth-order valence-electron chi connectivity index (χ4n) is 6.80. The standard InChI is InChI=1S/C39H60O6/c1-13-35(5,6)29-17-27(15-25(3)31(29)40)19-37(9,10)33-42-21-39(22-43-33)23-44-34(45-24-39)38(11,12)20-28-16-26(4)32(41)30(18-28)36(7,8)14-2/h15-18,33-34,40-41H,13-14,19-24H2,1-12H3. The third-order valence-corrected chi connectivity index (χ3v) is 10.7. The van der Waals surface area contributed by atoms with Gasteiger partial charge in [0.1, 0.15) is 11.5 Å². The van der Waals surface area contributed by atoms with Crippen LogP contribution in [0.4, 0.5) is 0 Å². The van der Waals surface area contributed by atoms with Crippen LogP contribution in [0.25, 0.3) is 0 Å². The molecule has 45 heavy (non-hydrogen) atoms. The van der Waals surface area contributed by atoms with E-state index in [0.29, 0.717) is 37.9 Å². The molecule has 2 fully saturated rings. The van der Waals surface area contributed by atoms with E-state index in [4.69, 9.17) is 18.9 Å². The minimum absolute atomic E-state index is 0.107. The minimum atomic E-state index is -0.353. The predicted octanol–water partition coefficient (Wildman–Crippen LogP) is 8.66. The van der Waals surface area contributed by atoms with E-state index in [1.54, 1.807) is 0 Å². The van der Waals surface area contributed by atoms with Crippen LogP contribution in [0.5, 0.6) is 11.5 Å². The van der Waals surface area contributed by atoms with Gasteiger partial charge in [-0.25, -0.2) is 0 Å². The number of benzene rings is 2. The fourth-order valence-corrected chi connectivity index (χ4v) is 6.80. The van der Waals surface area contributed by atoms with Crippen LogP contribution in [0.3, 0.4) is 0 Å². The molecule has 0 unspecified atom stereocenters. The lowest BCUT2D eigenvalue weighted by atomic mass is 9.77. The highest BCUT2D eigenvalue weighted by Crippen LogP contribution is 2.43. The van der Waals surface area contributed by atoms with Gasteiger partial charge in [0.15, 0.2) is 12.6 Å². The molecule has 2 aromatic carbocycles. The van der Waals surface area contributed by atoms with Gasteiger partial charge in [0.2, 0.25) is 0 Å². The molecule has 2 aliphatic heterocycles. The van der Waals surface area contributed by atoms with E-state index in [0.717, 1.165) is 47.9 Å². The van der Waals surface area contributed by atoms with E-state index in [-0.39, 0.29) is 39.7 Å². The van der Waals surface area contributed by atoms with Gasteiger partial charge in [-0.05, 0) is 72.6 Å². The second kappa shape index (κ2) is 12.8. The van der Waals surface area contributed by atoms with Gasteiger partial charge >= 0.3 is 0 Å². The van der Waals surface area contributed by atoms with E-state index >= 15 is 0 Å². The Bertz CT molecular complexity index is 1230. The first kappa shape index (κ1) is 35.7. The van der Waals surface area contributed by atoms with Crippen molar-refractivity contribution in [2.45, 2.75) is 132 Å². The molecule has 252 valence electrons. The molecule has 2 saturated heterocycles. The van der Waals surface area contributed by atoms with Crippen LogP contribution >= 0.6 is 0 Å². The quantitative estimate of drug-likeness (QED) is 0.276. The normalized spacial score (nSPS) is 23.5. The molecule has 4 rings (SSSR count). The molecule has 0 saturated carbocycles. The largest absolute Gasteiger partial charge is 0.507 e. The Morgan fingerprint density at radius 1 is 0.600 bits per heavy atom. The molecule has 2 aliphatic rings. The molecule has 1 spiro atoms. The van der Waals surface area contributed by atoms with Crippen molar-refractivity contribution in [2.75, 3.05) is 26.4 Å². The van der Waals surface area contributed by atoms with Crippen LogP contribution < -0.4 is 0 Å². The molecule has 0 radical (unpaired) electrons. The van der Waals surface area contributed by atoms with E-state index in [2.05, 4.69) is 93.5 Å². The van der Waals surface area contributed by atoms with Gasteiger partial charge in [-0.1, -0.05) is 93.5 Å². The molecule has 0 aliphatic carbocycles. The van der Waals surface area contributed by atoms with Crippen molar-refractivity contribution in [3.05, 3.63) is 57.6 Å². The van der Waals surface area contributed by atoms with Crippen molar-refractivity contribution in [1.82, 2.24) is 0 Å². The monoisotopic (exact) mass is 624 g/mol. The number of ether oxygens (including phenoxy) is 4. The summed E-state index contributed by atoms with van der Waals surface area (Å²) < 4.78 is 25.7. The lowest BCUT2D eigenvalue weighted by Crippen LogP contribution is -2.56. The molecule has 6 heteroatoms. The van der Waals surface area contributed by atoms with Crippen LogP contribution in [-0.2, 0) is 42.6 Å². The third kappa shape index (κ3) is 7.56. The molecule has 0 bridgehead atoms. The Hall–Kier alpha value is -2.12. The zero-order chi connectivity index (χ0) is 33.6. The van der Waals surface area contributed by atoms with Crippen molar-refractivity contribution in [3.8, 4) is 11.5 Å². The summed E-state index contributed by atoms with van der Waals surface area (Å²) in [7, 11) is 0. The summed E-state index contributed by atoms with van der Waals surface area (Å²) in [5.74, 6) is 0.801. The van der Waals surface area contributed by atoms with Crippen molar-refractivity contribution in [3.63, 3.8) is 0 Å². The Labute approximate surface area is 272 Å². The van der Waals surface area contributed by atoms with Crippen molar-refractivity contribution in [1.29, 1.82) is 0 Å². The number of aromatic hydroxyl groups is 2. The summed E-state index contributed by atoms with van der Waals surface area (Å²) in [4.78, 5) is 0. The Morgan fingerprint density at radius 3 is 1.20 bits per heavy atom. The molecule has 0 atom stereocenters. The predicted molar refractivity (Wildman–Crippen MR) is 181 cm³/mol. The second-order valence-corrected chi connectivity index (χ2v) is 16.8. The zero-order valence-electron chi connectivity index (χ0n) is 30.1. The summed E-state index contributed by atoms with van der Waals surface area (Å²) in [6.45, 7) is 27.8. The topological polar surface area (TPSA) is 77.4 Å². The molecule has 2 aromatic rings. The number of hydrogen-bond acceptors (Lipinski definition) is 6. The molecule has 0 amide bonds. The zero-order valence-corrected chi connectivity index (χ0v) is 30.1. The van der Waals surface area contributed by atoms with E-state index in [1.165, 1.54) is 11.1 Å². The Morgan fingerprint density at radius 2 is 0.911 bits per heavy atom. The first-order chi connectivity index (χ1) is 20.8. The average molecular weight is 625 g/mol. The third-order valence-electron chi connectivity index (χ3n) is 10.7. The minimum Gasteiger partial charge on any atom is -0.507 e. The Balaban J connectivity index is 1.38. The van der Waals surface area contributed by atoms with Crippen molar-refractivity contribution in [2.24, 2.45) is 16.2 Å². The maximum atomic E-state index is 10.8. The van der Waals surface area contributed by atoms with E-state index in [9.17, 15) is 10.2 Å². The van der Waals surface area contributed by atoms with Crippen molar-refractivity contribution < 1.29 is 29.2 Å². The van der Waals surface area contributed by atoms with Crippen LogP contribution in [0.2, 0.25) is 0 Å². The van der Waals surface area contributed by atoms with Crippen molar-refractivity contribution >= 4 is 0 Å². The summed E-state index contributed by atoms with van der Waals surface area (Å²) in [6.07, 6.45) is 2.73. The number of rotatable bonds is 10. The molecular weight excluding hydrogens is 564 g/mol. The van der Waals surface area contributed by atoms with Gasteiger partial charge in [-0.15, -0.1) is 0 Å². The van der Waals surface area contributed by atoms with E-state index < -0.39 is 0 Å². The molecule has 2 N–H and O–H groups in total. The summed E-state index contributed by atoms with van der Waals surface area (Å²) >= 11 is 0. The number of phenolic OH excluding ortho intramolecular Hbond substituents is 2. The maximum Gasteiger partial charge on any atom is 0.162 e. The van der Waals surface area contributed by atoms with Crippen LogP contribution in [0, 0.1) is 30.1 Å². The van der Waals surface area contributed by atoms with Gasteiger partial charge in [-0.3, -0.25) is 0 Å². The molecule has 2 heterocycles. The summed E-state index contributed by atoms with van der Waals surface area (Å²) in [5, 5.41) is 21.6. The highest BCUT2D eigenvalue weighted by molar-refractivity contribution is 5.48. The summed E-state index contributed by atoms with van der Waals surface area (Å²) in [5.41, 5.74) is 5.09. The van der Waals surface area contributed by atoms with Crippen LogP contribution in [-0.4, -0.2) is 49.2 Å². The van der Waals surface area contributed by atoms with Gasteiger partial charge < -0.3 is 29.2 Å². The summed E-state index contributed by atoms with van der Waals surface area (Å²) in [6, 6.07) is 8.50. The second-order valence-electron chi connectivity index (χ2n) is 16.8. The van der Waals surface area contributed by atoms with Gasteiger partial charge in [-0.2, -0.15) is 0 Å². The number of aryl methyl sites for hydroxylation is 2. The SMILES string of the molecule is CCC(C)(C)c1cc(CC(C)(C)C2OCC3(CO2)COC(C(C)(C)Cc2cc(C)c(O)c(C(C)(C)CC)c2)OC3)cc(C)c1O. The number of phenols is 2. The number of hydrogen-bond donors (Lipinski definition) is 2. The van der Waals surface area contributed by atoms with Crippen LogP contribution in [0.1, 0.15) is 115 Å². The maximum absolute atomic E-state index is 10.8. The van der Waals surface area contributed by atoms with Gasteiger partial charge in [0.05, 0.1) is 31.8 Å². The smallest absolute Gasteiger partial charge is 0.162 e.